The Labute approximate surface area is 101 Å². The molecule has 2 aromatic rings. The molecule has 0 saturated carbocycles. The van der Waals surface area contributed by atoms with Crippen LogP contribution in [0.2, 0.25) is 0 Å². The third-order valence-corrected chi connectivity index (χ3v) is 2.94. The molecular weight excluding hydrogens is 212 g/mol. The van der Waals surface area contributed by atoms with Crippen LogP contribution in [-0.2, 0) is 6.54 Å². The Bertz CT molecular complexity index is 599. The van der Waals surface area contributed by atoms with Crippen molar-refractivity contribution in [3.05, 3.63) is 63.6 Å². The normalized spacial score (nSPS) is 10.5. The molecule has 3 heteroatoms. The van der Waals surface area contributed by atoms with Crippen molar-refractivity contribution in [3.63, 3.8) is 0 Å². The van der Waals surface area contributed by atoms with Gasteiger partial charge in [0.15, 0.2) is 0 Å². The molecule has 0 atom stereocenters. The summed E-state index contributed by atoms with van der Waals surface area (Å²) in [6, 6.07) is 7.85. The zero-order valence-electron chi connectivity index (χ0n) is 10.1. The molecule has 0 aliphatic heterocycles. The van der Waals surface area contributed by atoms with Gasteiger partial charge in [-0.25, -0.2) is 0 Å². The predicted molar refractivity (Wildman–Crippen MR) is 70.1 cm³/mol. The van der Waals surface area contributed by atoms with Crippen LogP contribution in [0.25, 0.3) is 0 Å². The van der Waals surface area contributed by atoms with Crippen molar-refractivity contribution in [2.24, 2.45) is 0 Å². The average Bonchev–Trinajstić information content (AvgIpc) is 2.29. The number of rotatable bonds is 2. The summed E-state index contributed by atoms with van der Waals surface area (Å²) in [6.45, 7) is 4.92. The molecule has 0 unspecified atom stereocenters. The summed E-state index contributed by atoms with van der Waals surface area (Å²) in [7, 11) is 0. The van der Waals surface area contributed by atoms with Gasteiger partial charge in [-0.3, -0.25) is 4.79 Å². The Morgan fingerprint density at radius 3 is 2.59 bits per heavy atom. The molecule has 17 heavy (non-hydrogen) atoms. The molecule has 2 rings (SSSR count). The molecule has 1 aromatic heterocycles. The van der Waals surface area contributed by atoms with Crippen LogP contribution < -0.4 is 11.2 Å². The van der Waals surface area contributed by atoms with Crippen LogP contribution in [-0.4, -0.2) is 4.57 Å². The van der Waals surface area contributed by atoms with E-state index in [0.29, 0.717) is 0 Å². The van der Waals surface area contributed by atoms with Crippen molar-refractivity contribution in [2.75, 3.05) is 5.73 Å². The first-order valence-corrected chi connectivity index (χ1v) is 5.58. The Kier molecular flexibility index (Phi) is 3.00. The van der Waals surface area contributed by atoms with Gasteiger partial charge < -0.3 is 10.3 Å². The number of nitrogens with zero attached hydrogens (tertiary/aromatic N) is 1. The molecule has 0 fully saturated rings. The van der Waals surface area contributed by atoms with E-state index in [9.17, 15) is 4.79 Å². The van der Waals surface area contributed by atoms with Crippen LogP contribution in [0, 0.1) is 13.8 Å². The number of aryl methyl sites for hydroxylation is 2. The number of hydrogen-bond acceptors (Lipinski definition) is 2. The standard InChI is InChI=1S/C14H16N2O/c1-10-3-4-12(7-11(10)2)8-16-6-5-14(17)13(15)9-16/h3-7,9H,8,15H2,1-2H3. The monoisotopic (exact) mass is 228 g/mol. The molecule has 88 valence electrons. The van der Waals surface area contributed by atoms with Gasteiger partial charge >= 0.3 is 0 Å². The number of nitrogens with two attached hydrogens (primary N) is 1. The zero-order chi connectivity index (χ0) is 12.4. The Balaban J connectivity index is 2.28. The molecule has 0 spiro atoms. The summed E-state index contributed by atoms with van der Waals surface area (Å²) in [5.74, 6) is 0. The summed E-state index contributed by atoms with van der Waals surface area (Å²) in [6.07, 6.45) is 3.44. The van der Waals surface area contributed by atoms with Crippen LogP contribution in [0.4, 0.5) is 5.69 Å². The third kappa shape index (κ3) is 2.56. The lowest BCUT2D eigenvalue weighted by Crippen LogP contribution is -2.11. The topological polar surface area (TPSA) is 48.0 Å². The number of benzene rings is 1. The zero-order valence-corrected chi connectivity index (χ0v) is 10.1. The molecule has 0 amide bonds. The second-order valence-corrected chi connectivity index (χ2v) is 4.36. The van der Waals surface area contributed by atoms with E-state index >= 15 is 0 Å². The van der Waals surface area contributed by atoms with Crippen LogP contribution >= 0.6 is 0 Å². The van der Waals surface area contributed by atoms with E-state index in [1.54, 1.807) is 12.4 Å². The average molecular weight is 228 g/mol. The van der Waals surface area contributed by atoms with E-state index < -0.39 is 0 Å². The SMILES string of the molecule is Cc1ccc(Cn2ccc(=O)c(N)c2)cc1C. The van der Waals surface area contributed by atoms with E-state index in [1.165, 1.54) is 22.8 Å². The first-order chi connectivity index (χ1) is 8.06. The van der Waals surface area contributed by atoms with Crippen molar-refractivity contribution in [1.29, 1.82) is 0 Å². The first-order valence-electron chi connectivity index (χ1n) is 5.58. The van der Waals surface area contributed by atoms with Crippen molar-refractivity contribution in [1.82, 2.24) is 4.57 Å². The molecule has 3 nitrogen and oxygen atoms in total. The molecule has 0 aliphatic carbocycles. The fraction of sp³-hybridized carbons (Fsp3) is 0.214. The molecule has 1 aromatic carbocycles. The summed E-state index contributed by atoms with van der Waals surface area (Å²) in [5.41, 5.74) is 9.52. The van der Waals surface area contributed by atoms with Crippen LogP contribution in [0.1, 0.15) is 16.7 Å². The second-order valence-electron chi connectivity index (χ2n) is 4.36. The first kappa shape index (κ1) is 11.5. The quantitative estimate of drug-likeness (QED) is 0.855. The fourth-order valence-corrected chi connectivity index (χ4v) is 1.76. The number of hydrogen-bond donors (Lipinski definition) is 1. The van der Waals surface area contributed by atoms with Gasteiger partial charge in [0.25, 0.3) is 0 Å². The van der Waals surface area contributed by atoms with Gasteiger partial charge in [-0.15, -0.1) is 0 Å². The third-order valence-electron chi connectivity index (χ3n) is 2.94. The van der Waals surface area contributed by atoms with Gasteiger partial charge in [0.1, 0.15) is 0 Å². The van der Waals surface area contributed by atoms with Gasteiger partial charge in [0, 0.05) is 25.0 Å². The molecule has 1 heterocycles. The second kappa shape index (κ2) is 4.45. The summed E-state index contributed by atoms with van der Waals surface area (Å²) in [4.78, 5) is 11.2. The lowest BCUT2D eigenvalue weighted by atomic mass is 10.1. The lowest BCUT2D eigenvalue weighted by Gasteiger charge is -2.09. The lowest BCUT2D eigenvalue weighted by molar-refractivity contribution is 0.790. The number of aromatic nitrogens is 1. The maximum atomic E-state index is 11.2. The maximum Gasteiger partial charge on any atom is 0.204 e. The Morgan fingerprint density at radius 2 is 1.94 bits per heavy atom. The highest BCUT2D eigenvalue weighted by Crippen LogP contribution is 2.11. The van der Waals surface area contributed by atoms with E-state index in [1.807, 2.05) is 4.57 Å². The molecule has 0 aliphatic rings. The van der Waals surface area contributed by atoms with E-state index in [0.717, 1.165) is 6.54 Å². The molecule has 0 bridgehead atoms. The van der Waals surface area contributed by atoms with Crippen LogP contribution in [0.15, 0.2) is 41.5 Å². The van der Waals surface area contributed by atoms with Gasteiger partial charge in [-0.2, -0.15) is 0 Å². The molecule has 2 N–H and O–H groups in total. The van der Waals surface area contributed by atoms with Crippen LogP contribution in [0.3, 0.4) is 0 Å². The highest BCUT2D eigenvalue weighted by Gasteiger charge is 1.99. The summed E-state index contributed by atoms with van der Waals surface area (Å²) >= 11 is 0. The van der Waals surface area contributed by atoms with Gasteiger partial charge in [-0.1, -0.05) is 18.2 Å². The van der Waals surface area contributed by atoms with E-state index in [-0.39, 0.29) is 11.1 Å². The van der Waals surface area contributed by atoms with Crippen LogP contribution in [0.5, 0.6) is 0 Å². The van der Waals surface area contributed by atoms with Crippen molar-refractivity contribution in [3.8, 4) is 0 Å². The smallest absolute Gasteiger partial charge is 0.204 e. The van der Waals surface area contributed by atoms with Gasteiger partial charge in [0.2, 0.25) is 5.43 Å². The van der Waals surface area contributed by atoms with E-state index in [2.05, 4.69) is 32.0 Å². The molecular formula is C14H16N2O. The minimum absolute atomic E-state index is 0.124. The largest absolute Gasteiger partial charge is 0.394 e. The highest BCUT2D eigenvalue weighted by atomic mass is 16.1. The Morgan fingerprint density at radius 1 is 1.18 bits per heavy atom. The maximum absolute atomic E-state index is 11.2. The summed E-state index contributed by atoms with van der Waals surface area (Å²) in [5, 5.41) is 0. The Hall–Kier alpha value is -2.03. The molecule has 0 saturated heterocycles. The van der Waals surface area contributed by atoms with Crippen molar-refractivity contribution < 1.29 is 0 Å². The fourth-order valence-electron chi connectivity index (χ4n) is 1.76. The number of nitrogen functional groups attached to an aromatic ring is 1. The number of anilines is 1. The summed E-state index contributed by atoms with van der Waals surface area (Å²) < 4.78 is 1.92. The van der Waals surface area contributed by atoms with Gasteiger partial charge in [0.05, 0.1) is 5.69 Å². The number of pyridine rings is 1. The minimum atomic E-state index is -0.124. The highest BCUT2D eigenvalue weighted by molar-refractivity contribution is 5.34. The van der Waals surface area contributed by atoms with E-state index in [4.69, 9.17) is 5.73 Å². The van der Waals surface area contributed by atoms with Gasteiger partial charge in [-0.05, 0) is 30.5 Å². The van der Waals surface area contributed by atoms with Crippen molar-refractivity contribution >= 4 is 5.69 Å². The molecule has 0 radical (unpaired) electrons. The minimum Gasteiger partial charge on any atom is -0.394 e. The predicted octanol–water partition coefficient (Wildman–Crippen LogP) is 2.10. The van der Waals surface area contributed by atoms with Crippen molar-refractivity contribution in [2.45, 2.75) is 20.4 Å².